The number of hydrogen-bond acceptors (Lipinski definition) is 4. The van der Waals surface area contributed by atoms with Crippen molar-refractivity contribution >= 4 is 30.2 Å². The number of rotatable bonds is 6. The molecule has 3 aromatic carbocycles. The highest BCUT2D eigenvalue weighted by molar-refractivity contribution is 6.56. The predicted octanol–water partition coefficient (Wildman–Crippen LogP) is 6.72. The van der Waals surface area contributed by atoms with E-state index in [2.05, 4.69) is 40.6 Å². The van der Waals surface area contributed by atoms with Gasteiger partial charge in [-0.15, -0.1) is 0 Å². The number of carbonyl (C=O) groups excluding carboxylic acids is 1. The van der Waals surface area contributed by atoms with E-state index in [1.165, 1.54) is 22.3 Å². The second kappa shape index (κ2) is 9.74. The monoisotopic (exact) mass is 520 g/mol. The number of amides is 1. The van der Waals surface area contributed by atoms with E-state index >= 15 is 0 Å². The van der Waals surface area contributed by atoms with Gasteiger partial charge in [-0.25, -0.2) is 4.79 Å². The van der Waals surface area contributed by atoms with Gasteiger partial charge >= 0.3 is 13.2 Å². The van der Waals surface area contributed by atoms with Crippen LogP contribution in [0, 0.1) is 0 Å². The first kappa shape index (κ1) is 25.5. The fourth-order valence-electron chi connectivity index (χ4n) is 5.46. The fourth-order valence-corrected chi connectivity index (χ4v) is 5.46. The van der Waals surface area contributed by atoms with Crippen LogP contribution in [0.1, 0.15) is 50.3 Å². The van der Waals surface area contributed by atoms with E-state index in [4.69, 9.17) is 14.0 Å². The van der Waals surface area contributed by atoms with Crippen LogP contribution in [0.25, 0.3) is 28.1 Å². The molecule has 4 aromatic rings. The molecule has 2 N–H and O–H groups in total. The number of aromatic amines is 1. The standard InChI is InChI=1S/C32H33BN2O4/c1-31(2)32(3,4)39-33(38-31)22(18-21-10-9-15-29-23(21)16-17-34-29)19-35-30(36)37-20-28-26-13-7-5-11-24(26)25-12-6-8-14-27(25)28/h5-18,28,34H,19-20H2,1-4H3,(H,35,36). The van der Waals surface area contributed by atoms with E-state index in [0.29, 0.717) is 0 Å². The minimum Gasteiger partial charge on any atom is -0.449 e. The van der Waals surface area contributed by atoms with Crippen molar-refractivity contribution in [3.8, 4) is 11.1 Å². The van der Waals surface area contributed by atoms with Crippen LogP contribution in [0.3, 0.4) is 0 Å². The molecule has 0 radical (unpaired) electrons. The highest BCUT2D eigenvalue weighted by atomic mass is 16.7. The van der Waals surface area contributed by atoms with Gasteiger partial charge in [-0.05, 0) is 73.1 Å². The highest BCUT2D eigenvalue weighted by Crippen LogP contribution is 2.44. The van der Waals surface area contributed by atoms with Crippen LogP contribution in [0.15, 0.2) is 84.5 Å². The smallest absolute Gasteiger partial charge is 0.449 e. The number of ether oxygens (including phenoxy) is 1. The van der Waals surface area contributed by atoms with Gasteiger partial charge in [0.05, 0.1) is 11.2 Å². The van der Waals surface area contributed by atoms with Crippen molar-refractivity contribution in [2.24, 2.45) is 0 Å². The van der Waals surface area contributed by atoms with Crippen molar-refractivity contribution in [1.82, 2.24) is 10.3 Å². The molecule has 1 aliphatic carbocycles. The summed E-state index contributed by atoms with van der Waals surface area (Å²) in [6.45, 7) is 8.59. The van der Waals surface area contributed by atoms with Crippen LogP contribution in [0.5, 0.6) is 0 Å². The van der Waals surface area contributed by atoms with Crippen LogP contribution in [-0.2, 0) is 14.0 Å². The molecule has 6 rings (SSSR count). The summed E-state index contributed by atoms with van der Waals surface area (Å²) in [5, 5.41) is 4.04. The summed E-state index contributed by atoms with van der Waals surface area (Å²) in [5.41, 5.74) is 6.65. The van der Waals surface area contributed by atoms with Gasteiger partial charge in [-0.2, -0.15) is 0 Å². The summed E-state index contributed by atoms with van der Waals surface area (Å²) < 4.78 is 18.5. The fraction of sp³-hybridized carbons (Fsp3) is 0.281. The zero-order valence-electron chi connectivity index (χ0n) is 22.8. The van der Waals surface area contributed by atoms with E-state index in [-0.39, 0.29) is 19.1 Å². The van der Waals surface area contributed by atoms with Crippen molar-refractivity contribution in [3.05, 3.63) is 101 Å². The Morgan fingerprint density at radius 3 is 2.23 bits per heavy atom. The lowest BCUT2D eigenvalue weighted by Crippen LogP contribution is -2.41. The lowest BCUT2D eigenvalue weighted by atomic mass is 9.76. The molecule has 1 aliphatic heterocycles. The molecule has 7 heteroatoms. The minimum atomic E-state index is -0.599. The molecule has 0 bridgehead atoms. The van der Waals surface area contributed by atoms with Crippen LogP contribution < -0.4 is 5.32 Å². The Bertz CT molecular complexity index is 1510. The lowest BCUT2D eigenvalue weighted by molar-refractivity contribution is 0.00578. The third-order valence-corrected chi connectivity index (χ3v) is 8.31. The third kappa shape index (κ3) is 4.66. The number of H-pyrrole nitrogens is 1. The number of alkyl carbamates (subject to hydrolysis) is 1. The molecule has 1 amide bonds. The number of nitrogens with one attached hydrogen (secondary N) is 2. The Labute approximate surface area is 229 Å². The summed E-state index contributed by atoms with van der Waals surface area (Å²) in [4.78, 5) is 16.2. The molecule has 0 atom stereocenters. The third-order valence-electron chi connectivity index (χ3n) is 8.31. The largest absolute Gasteiger partial charge is 0.492 e. The Hall–Kier alpha value is -3.81. The molecule has 1 saturated heterocycles. The molecular weight excluding hydrogens is 487 g/mol. The van der Waals surface area contributed by atoms with E-state index in [0.717, 1.165) is 21.9 Å². The Morgan fingerprint density at radius 1 is 0.923 bits per heavy atom. The van der Waals surface area contributed by atoms with E-state index in [1.54, 1.807) is 0 Å². The predicted molar refractivity (Wildman–Crippen MR) is 155 cm³/mol. The molecular formula is C32H33BN2O4. The Kier molecular flexibility index (Phi) is 6.36. The van der Waals surface area contributed by atoms with Gasteiger partial charge in [0.25, 0.3) is 0 Å². The maximum absolute atomic E-state index is 13.0. The summed E-state index contributed by atoms with van der Waals surface area (Å²) in [7, 11) is -0.599. The first-order valence-corrected chi connectivity index (χ1v) is 13.4. The summed E-state index contributed by atoms with van der Waals surface area (Å²) >= 11 is 0. The molecule has 2 heterocycles. The second-order valence-electron chi connectivity index (χ2n) is 11.3. The Morgan fingerprint density at radius 2 is 1.56 bits per heavy atom. The van der Waals surface area contributed by atoms with E-state index in [1.807, 2.05) is 82.4 Å². The van der Waals surface area contributed by atoms with E-state index < -0.39 is 24.4 Å². The van der Waals surface area contributed by atoms with Crippen LogP contribution in [-0.4, -0.2) is 42.5 Å². The van der Waals surface area contributed by atoms with Gasteiger partial charge in [0.2, 0.25) is 0 Å². The maximum atomic E-state index is 13.0. The van der Waals surface area contributed by atoms with Crippen molar-refractivity contribution in [2.75, 3.05) is 13.2 Å². The van der Waals surface area contributed by atoms with Gasteiger partial charge in [-0.3, -0.25) is 0 Å². The second-order valence-corrected chi connectivity index (χ2v) is 11.3. The molecule has 1 fully saturated rings. The number of carbonyl (C=O) groups is 1. The molecule has 198 valence electrons. The normalized spacial score (nSPS) is 17.7. The van der Waals surface area contributed by atoms with Gasteiger partial charge < -0.3 is 24.3 Å². The maximum Gasteiger partial charge on any atom is 0.492 e. The van der Waals surface area contributed by atoms with Crippen LogP contribution in [0.2, 0.25) is 0 Å². The number of benzene rings is 3. The first-order valence-electron chi connectivity index (χ1n) is 13.4. The molecule has 1 aromatic heterocycles. The van der Waals surface area contributed by atoms with Gasteiger partial charge in [0.1, 0.15) is 6.61 Å². The van der Waals surface area contributed by atoms with Gasteiger partial charge in [0, 0.05) is 29.6 Å². The van der Waals surface area contributed by atoms with E-state index in [9.17, 15) is 4.79 Å². The zero-order chi connectivity index (χ0) is 27.2. The van der Waals surface area contributed by atoms with Crippen molar-refractivity contribution in [1.29, 1.82) is 0 Å². The molecule has 0 spiro atoms. The Balaban J connectivity index is 1.20. The number of hydrogen-bond donors (Lipinski definition) is 2. The van der Waals surface area contributed by atoms with Crippen LogP contribution >= 0.6 is 0 Å². The first-order chi connectivity index (χ1) is 18.7. The molecule has 6 nitrogen and oxygen atoms in total. The minimum absolute atomic E-state index is 0.00690. The van der Waals surface area contributed by atoms with Gasteiger partial charge in [0.15, 0.2) is 0 Å². The summed E-state index contributed by atoms with van der Waals surface area (Å²) in [6, 6.07) is 24.8. The van der Waals surface area contributed by atoms with Crippen molar-refractivity contribution in [3.63, 3.8) is 0 Å². The zero-order valence-corrected chi connectivity index (χ0v) is 22.8. The molecule has 0 saturated carbocycles. The average Bonchev–Trinajstić information content (AvgIpc) is 3.58. The molecule has 2 aliphatic rings. The SMILES string of the molecule is CC1(C)OB(C(=Cc2cccc3[nH]ccc23)CNC(=O)OCC2c3ccccc3-c3ccccc32)OC1(C)C. The van der Waals surface area contributed by atoms with Gasteiger partial charge in [-0.1, -0.05) is 66.7 Å². The van der Waals surface area contributed by atoms with Crippen LogP contribution in [0.4, 0.5) is 4.79 Å². The molecule has 0 unspecified atom stereocenters. The molecule has 39 heavy (non-hydrogen) atoms. The van der Waals surface area contributed by atoms with Crippen molar-refractivity contribution in [2.45, 2.75) is 44.8 Å². The summed E-state index contributed by atoms with van der Waals surface area (Å²) in [6.07, 6.45) is 3.49. The average molecular weight is 520 g/mol. The van der Waals surface area contributed by atoms with Crippen molar-refractivity contribution < 1.29 is 18.8 Å². The topological polar surface area (TPSA) is 72.6 Å². The summed E-state index contributed by atoms with van der Waals surface area (Å²) in [5.74, 6) is 0.00690. The number of aromatic nitrogens is 1. The lowest BCUT2D eigenvalue weighted by Gasteiger charge is -2.32. The quantitative estimate of drug-likeness (QED) is 0.277. The number of fused-ring (bicyclic) bond motifs is 4. The highest BCUT2D eigenvalue weighted by Gasteiger charge is 2.52.